The number of hydrogen-bond donors (Lipinski definition) is 2. The van der Waals surface area contributed by atoms with E-state index in [9.17, 15) is 0 Å². The molecule has 0 aromatic heterocycles. The molecule has 0 fully saturated rings. The molecule has 0 aliphatic heterocycles. The first-order chi connectivity index (χ1) is 7.95. The number of rotatable bonds is 5. The average Bonchev–Trinajstić information content (AvgIpc) is 2.24. The van der Waals surface area contributed by atoms with E-state index in [4.69, 9.17) is 16.7 Å². The third-order valence-corrected chi connectivity index (χ3v) is 3.33. The SMILES string of the molecule is CC(C)(C)C(CCO)NCc1ccccc1Cl. The van der Waals surface area contributed by atoms with Crippen LogP contribution in [-0.4, -0.2) is 17.8 Å². The van der Waals surface area contributed by atoms with Crippen LogP contribution < -0.4 is 5.32 Å². The summed E-state index contributed by atoms with van der Waals surface area (Å²) in [4.78, 5) is 0. The third kappa shape index (κ3) is 4.66. The predicted octanol–water partition coefficient (Wildman–Crippen LogP) is 3.23. The molecule has 0 bridgehead atoms. The zero-order valence-electron chi connectivity index (χ0n) is 10.8. The van der Waals surface area contributed by atoms with Gasteiger partial charge < -0.3 is 10.4 Å². The molecule has 2 nitrogen and oxygen atoms in total. The van der Waals surface area contributed by atoms with E-state index in [1.165, 1.54) is 0 Å². The van der Waals surface area contributed by atoms with Crippen LogP contribution in [0, 0.1) is 5.41 Å². The lowest BCUT2D eigenvalue weighted by Gasteiger charge is -2.31. The molecule has 0 saturated carbocycles. The minimum absolute atomic E-state index is 0.129. The van der Waals surface area contributed by atoms with Crippen molar-refractivity contribution in [1.29, 1.82) is 0 Å². The van der Waals surface area contributed by atoms with Crippen LogP contribution in [0.5, 0.6) is 0 Å². The maximum Gasteiger partial charge on any atom is 0.0450 e. The maximum absolute atomic E-state index is 9.09. The van der Waals surface area contributed by atoms with E-state index in [0.717, 1.165) is 23.6 Å². The molecule has 2 N–H and O–H groups in total. The van der Waals surface area contributed by atoms with Crippen molar-refractivity contribution in [3.05, 3.63) is 34.9 Å². The van der Waals surface area contributed by atoms with Crippen molar-refractivity contribution in [3.63, 3.8) is 0 Å². The molecule has 0 heterocycles. The second-order valence-corrected chi connectivity index (χ2v) is 5.81. The molecule has 0 saturated heterocycles. The van der Waals surface area contributed by atoms with Gasteiger partial charge in [0.15, 0.2) is 0 Å². The van der Waals surface area contributed by atoms with Crippen LogP contribution in [0.15, 0.2) is 24.3 Å². The Hall–Kier alpha value is -0.570. The number of aliphatic hydroxyl groups is 1. The number of nitrogens with one attached hydrogen (secondary N) is 1. The molecular weight excluding hydrogens is 234 g/mol. The Morgan fingerprint density at radius 1 is 1.29 bits per heavy atom. The van der Waals surface area contributed by atoms with Crippen LogP contribution in [0.25, 0.3) is 0 Å². The molecule has 17 heavy (non-hydrogen) atoms. The topological polar surface area (TPSA) is 32.3 Å². The second kappa shape index (κ2) is 6.39. The van der Waals surface area contributed by atoms with E-state index in [1.54, 1.807) is 0 Å². The van der Waals surface area contributed by atoms with Gasteiger partial charge in [0.25, 0.3) is 0 Å². The van der Waals surface area contributed by atoms with Gasteiger partial charge in [0.1, 0.15) is 0 Å². The first kappa shape index (κ1) is 14.5. The number of halogens is 1. The van der Waals surface area contributed by atoms with Crippen LogP contribution in [-0.2, 0) is 6.54 Å². The molecular formula is C14H22ClNO. The van der Waals surface area contributed by atoms with Gasteiger partial charge in [-0.2, -0.15) is 0 Å². The van der Waals surface area contributed by atoms with Crippen molar-refractivity contribution in [2.24, 2.45) is 5.41 Å². The first-order valence-electron chi connectivity index (χ1n) is 6.03. The lowest BCUT2D eigenvalue weighted by Crippen LogP contribution is -2.40. The Balaban J connectivity index is 2.61. The Labute approximate surface area is 109 Å². The molecule has 1 aromatic carbocycles. The van der Waals surface area contributed by atoms with E-state index < -0.39 is 0 Å². The highest BCUT2D eigenvalue weighted by molar-refractivity contribution is 6.31. The zero-order valence-corrected chi connectivity index (χ0v) is 11.6. The van der Waals surface area contributed by atoms with Crippen LogP contribution in [0.2, 0.25) is 5.02 Å². The van der Waals surface area contributed by atoms with E-state index in [2.05, 4.69) is 26.1 Å². The average molecular weight is 256 g/mol. The lowest BCUT2D eigenvalue weighted by atomic mass is 9.85. The molecule has 1 unspecified atom stereocenters. The Kier molecular flexibility index (Phi) is 5.44. The highest BCUT2D eigenvalue weighted by Crippen LogP contribution is 2.23. The van der Waals surface area contributed by atoms with Gasteiger partial charge in [0.05, 0.1) is 0 Å². The largest absolute Gasteiger partial charge is 0.396 e. The van der Waals surface area contributed by atoms with Gasteiger partial charge in [-0.1, -0.05) is 50.6 Å². The van der Waals surface area contributed by atoms with Crippen LogP contribution in [0.4, 0.5) is 0 Å². The summed E-state index contributed by atoms with van der Waals surface area (Å²) in [5.41, 5.74) is 1.23. The Bertz CT molecular complexity index is 346. The maximum atomic E-state index is 9.09. The van der Waals surface area contributed by atoms with Crippen LogP contribution >= 0.6 is 11.6 Å². The summed E-state index contributed by atoms with van der Waals surface area (Å²) in [6, 6.07) is 8.12. The Morgan fingerprint density at radius 3 is 2.47 bits per heavy atom. The molecule has 0 radical (unpaired) electrons. The summed E-state index contributed by atoms with van der Waals surface area (Å²) in [6.07, 6.45) is 0.758. The summed E-state index contributed by atoms with van der Waals surface area (Å²) in [7, 11) is 0. The summed E-state index contributed by atoms with van der Waals surface area (Å²) in [6.45, 7) is 7.46. The summed E-state index contributed by atoms with van der Waals surface area (Å²) >= 11 is 6.11. The molecule has 0 aliphatic carbocycles. The quantitative estimate of drug-likeness (QED) is 0.847. The van der Waals surface area contributed by atoms with E-state index in [0.29, 0.717) is 0 Å². The van der Waals surface area contributed by atoms with Gasteiger partial charge in [0, 0.05) is 24.2 Å². The van der Waals surface area contributed by atoms with E-state index >= 15 is 0 Å². The third-order valence-electron chi connectivity index (χ3n) is 2.96. The molecule has 1 atom stereocenters. The van der Waals surface area contributed by atoms with Crippen molar-refractivity contribution in [2.45, 2.75) is 39.8 Å². The van der Waals surface area contributed by atoms with Gasteiger partial charge >= 0.3 is 0 Å². The number of benzene rings is 1. The van der Waals surface area contributed by atoms with Crippen molar-refractivity contribution >= 4 is 11.6 Å². The normalized spacial score (nSPS) is 13.7. The molecule has 1 aromatic rings. The van der Waals surface area contributed by atoms with Gasteiger partial charge in [0.2, 0.25) is 0 Å². The van der Waals surface area contributed by atoms with Gasteiger partial charge in [-0.3, -0.25) is 0 Å². The van der Waals surface area contributed by atoms with Gasteiger partial charge in [-0.05, 0) is 23.5 Å². The van der Waals surface area contributed by atoms with Crippen molar-refractivity contribution in [3.8, 4) is 0 Å². The van der Waals surface area contributed by atoms with Crippen molar-refractivity contribution in [1.82, 2.24) is 5.32 Å². The zero-order chi connectivity index (χ0) is 12.9. The van der Waals surface area contributed by atoms with Gasteiger partial charge in [-0.15, -0.1) is 0 Å². The predicted molar refractivity (Wildman–Crippen MR) is 73.2 cm³/mol. The fourth-order valence-electron chi connectivity index (χ4n) is 1.85. The standard InChI is InChI=1S/C14H22ClNO/c1-14(2,3)13(8-9-17)16-10-11-6-4-5-7-12(11)15/h4-7,13,16-17H,8-10H2,1-3H3. The second-order valence-electron chi connectivity index (χ2n) is 5.40. The van der Waals surface area contributed by atoms with Gasteiger partial charge in [-0.25, -0.2) is 0 Å². The summed E-state index contributed by atoms with van der Waals surface area (Å²) in [5, 5.41) is 13.3. The molecule has 0 amide bonds. The van der Waals surface area contributed by atoms with E-state index in [-0.39, 0.29) is 18.1 Å². The minimum atomic E-state index is 0.129. The lowest BCUT2D eigenvalue weighted by molar-refractivity contribution is 0.196. The summed E-state index contributed by atoms with van der Waals surface area (Å²) in [5.74, 6) is 0. The fourth-order valence-corrected chi connectivity index (χ4v) is 2.05. The number of hydrogen-bond acceptors (Lipinski definition) is 2. The van der Waals surface area contributed by atoms with E-state index in [1.807, 2.05) is 24.3 Å². The highest BCUT2D eigenvalue weighted by Gasteiger charge is 2.23. The van der Waals surface area contributed by atoms with Crippen molar-refractivity contribution < 1.29 is 5.11 Å². The molecule has 96 valence electrons. The molecule has 0 aliphatic rings. The first-order valence-corrected chi connectivity index (χ1v) is 6.40. The fraction of sp³-hybridized carbons (Fsp3) is 0.571. The molecule has 0 spiro atoms. The molecule has 1 rings (SSSR count). The molecule has 3 heteroatoms. The summed E-state index contributed by atoms with van der Waals surface area (Å²) < 4.78 is 0. The smallest absolute Gasteiger partial charge is 0.0450 e. The minimum Gasteiger partial charge on any atom is -0.396 e. The highest BCUT2D eigenvalue weighted by atomic mass is 35.5. The van der Waals surface area contributed by atoms with Crippen LogP contribution in [0.3, 0.4) is 0 Å². The number of aliphatic hydroxyl groups excluding tert-OH is 1. The van der Waals surface area contributed by atoms with Crippen LogP contribution in [0.1, 0.15) is 32.8 Å². The Morgan fingerprint density at radius 2 is 1.94 bits per heavy atom. The van der Waals surface area contributed by atoms with Crippen molar-refractivity contribution in [2.75, 3.05) is 6.61 Å². The monoisotopic (exact) mass is 255 g/mol.